The Morgan fingerprint density at radius 3 is 2.43 bits per heavy atom. The largest absolute Gasteiger partial charge is 0.388 e. The first-order valence-corrected chi connectivity index (χ1v) is 6.74. The van der Waals surface area contributed by atoms with Crippen molar-refractivity contribution in [1.82, 2.24) is 0 Å². The highest BCUT2D eigenvalue weighted by atomic mass is 32.2. The highest BCUT2D eigenvalue weighted by molar-refractivity contribution is 7.91. The minimum absolute atomic E-state index is 0.0824. The van der Waals surface area contributed by atoms with E-state index in [-0.39, 0.29) is 11.5 Å². The molecule has 0 saturated carbocycles. The maximum Gasteiger partial charge on any atom is 0.153 e. The highest BCUT2D eigenvalue weighted by Gasteiger charge is 2.51. The van der Waals surface area contributed by atoms with Crippen LogP contribution in [0.3, 0.4) is 0 Å². The molecule has 84 valence electrons. The van der Waals surface area contributed by atoms with Gasteiger partial charge < -0.3 is 10.8 Å². The zero-order valence-electron chi connectivity index (χ0n) is 8.78. The Morgan fingerprint density at radius 1 is 1.57 bits per heavy atom. The fraction of sp³-hybridized carbons (Fsp3) is 1.00. The lowest BCUT2D eigenvalue weighted by Crippen LogP contribution is -2.51. The third kappa shape index (κ3) is 1.81. The van der Waals surface area contributed by atoms with E-state index < -0.39 is 20.9 Å². The molecule has 1 saturated heterocycles. The van der Waals surface area contributed by atoms with Gasteiger partial charge >= 0.3 is 0 Å². The Morgan fingerprint density at radius 2 is 2.14 bits per heavy atom. The summed E-state index contributed by atoms with van der Waals surface area (Å²) in [6.45, 7) is 4.10. The van der Waals surface area contributed by atoms with Crippen molar-refractivity contribution >= 4 is 9.84 Å². The Labute approximate surface area is 85.4 Å². The molecule has 0 radical (unpaired) electrons. The van der Waals surface area contributed by atoms with Gasteiger partial charge in [-0.3, -0.25) is 0 Å². The second-order valence-electron chi connectivity index (χ2n) is 4.49. The molecule has 1 fully saturated rings. The number of aliphatic hydroxyl groups is 1. The first-order valence-electron chi connectivity index (χ1n) is 4.91. The third-order valence-corrected chi connectivity index (χ3v) is 5.38. The summed E-state index contributed by atoms with van der Waals surface area (Å²) in [6, 6.07) is 0. The number of hydrogen-bond donors (Lipinski definition) is 2. The molecule has 1 rings (SSSR count). The van der Waals surface area contributed by atoms with Gasteiger partial charge in [0.05, 0.1) is 17.1 Å². The quantitative estimate of drug-likeness (QED) is 0.698. The standard InChI is InChI=1S/C9H19NO3S/c1-3-8(2,6-10)9(11)4-5-14(12,13)7-9/h11H,3-7,10H2,1-2H3. The molecule has 1 heterocycles. The van der Waals surface area contributed by atoms with E-state index in [1.165, 1.54) is 0 Å². The average molecular weight is 221 g/mol. The predicted molar refractivity (Wildman–Crippen MR) is 55.7 cm³/mol. The van der Waals surface area contributed by atoms with Gasteiger partial charge in [-0.2, -0.15) is 0 Å². The Kier molecular flexibility index (Phi) is 2.96. The molecule has 0 spiro atoms. The molecule has 0 aromatic rings. The molecule has 0 aromatic carbocycles. The normalized spacial score (nSPS) is 35.4. The van der Waals surface area contributed by atoms with Crippen LogP contribution in [0.5, 0.6) is 0 Å². The molecule has 2 unspecified atom stereocenters. The number of sulfone groups is 1. The molecular formula is C9H19NO3S. The fourth-order valence-electron chi connectivity index (χ4n) is 1.97. The average Bonchev–Trinajstić information content (AvgIpc) is 2.40. The van der Waals surface area contributed by atoms with Crippen molar-refractivity contribution in [2.45, 2.75) is 32.3 Å². The van der Waals surface area contributed by atoms with Crippen LogP contribution in [0.2, 0.25) is 0 Å². The van der Waals surface area contributed by atoms with Crippen LogP contribution in [-0.4, -0.2) is 37.2 Å². The molecule has 1 aliphatic rings. The van der Waals surface area contributed by atoms with Crippen LogP contribution in [-0.2, 0) is 9.84 Å². The van der Waals surface area contributed by atoms with Gasteiger partial charge in [0.2, 0.25) is 0 Å². The van der Waals surface area contributed by atoms with Gasteiger partial charge in [-0.05, 0) is 12.8 Å². The van der Waals surface area contributed by atoms with Gasteiger partial charge in [0.1, 0.15) is 0 Å². The first-order chi connectivity index (χ1) is 6.29. The van der Waals surface area contributed by atoms with Crippen LogP contribution in [0.1, 0.15) is 26.7 Å². The summed E-state index contributed by atoms with van der Waals surface area (Å²) in [5, 5.41) is 10.3. The summed E-state index contributed by atoms with van der Waals surface area (Å²) >= 11 is 0. The van der Waals surface area contributed by atoms with E-state index >= 15 is 0 Å². The first kappa shape index (κ1) is 11.9. The van der Waals surface area contributed by atoms with Gasteiger partial charge in [0.25, 0.3) is 0 Å². The van der Waals surface area contributed by atoms with Crippen LogP contribution in [0.15, 0.2) is 0 Å². The second kappa shape index (κ2) is 3.47. The van der Waals surface area contributed by atoms with Crippen LogP contribution in [0.4, 0.5) is 0 Å². The minimum Gasteiger partial charge on any atom is -0.388 e. The predicted octanol–water partition coefficient (Wildman–Crippen LogP) is -0.0890. The van der Waals surface area contributed by atoms with E-state index in [4.69, 9.17) is 5.73 Å². The van der Waals surface area contributed by atoms with Gasteiger partial charge in [-0.25, -0.2) is 8.42 Å². The Balaban J connectivity index is 2.97. The van der Waals surface area contributed by atoms with E-state index in [1.807, 2.05) is 13.8 Å². The molecular weight excluding hydrogens is 202 g/mol. The van der Waals surface area contributed by atoms with Crippen molar-refractivity contribution in [3.8, 4) is 0 Å². The molecule has 0 aliphatic carbocycles. The van der Waals surface area contributed by atoms with Crippen molar-refractivity contribution in [2.24, 2.45) is 11.1 Å². The summed E-state index contributed by atoms with van der Waals surface area (Å²) in [6.07, 6.45) is 1.01. The van der Waals surface area contributed by atoms with E-state index in [0.717, 1.165) is 0 Å². The van der Waals surface area contributed by atoms with Crippen LogP contribution in [0.25, 0.3) is 0 Å². The lowest BCUT2D eigenvalue weighted by Gasteiger charge is -2.40. The van der Waals surface area contributed by atoms with E-state index in [2.05, 4.69) is 0 Å². The smallest absolute Gasteiger partial charge is 0.153 e. The maximum atomic E-state index is 11.3. The van der Waals surface area contributed by atoms with E-state index in [1.54, 1.807) is 0 Å². The van der Waals surface area contributed by atoms with Crippen molar-refractivity contribution in [2.75, 3.05) is 18.1 Å². The molecule has 1 aliphatic heterocycles. The third-order valence-electron chi connectivity index (χ3n) is 3.64. The lowest BCUT2D eigenvalue weighted by atomic mass is 9.71. The van der Waals surface area contributed by atoms with Gasteiger partial charge in [0.15, 0.2) is 9.84 Å². The second-order valence-corrected chi connectivity index (χ2v) is 6.68. The van der Waals surface area contributed by atoms with Crippen molar-refractivity contribution in [3.05, 3.63) is 0 Å². The molecule has 14 heavy (non-hydrogen) atoms. The van der Waals surface area contributed by atoms with Crippen molar-refractivity contribution < 1.29 is 13.5 Å². The summed E-state index contributed by atoms with van der Waals surface area (Å²) in [5.74, 6) is -0.0549. The fourth-order valence-corrected chi connectivity index (χ4v) is 3.99. The molecule has 0 bridgehead atoms. The summed E-state index contributed by atoms with van der Waals surface area (Å²) in [4.78, 5) is 0. The minimum atomic E-state index is -3.06. The molecule has 3 N–H and O–H groups in total. The lowest BCUT2D eigenvalue weighted by molar-refractivity contribution is -0.0517. The maximum absolute atomic E-state index is 11.3. The summed E-state index contributed by atoms with van der Waals surface area (Å²) in [7, 11) is -3.06. The van der Waals surface area contributed by atoms with Gasteiger partial charge in [-0.15, -0.1) is 0 Å². The molecule has 0 amide bonds. The van der Waals surface area contributed by atoms with Crippen LogP contribution < -0.4 is 5.73 Å². The Bertz CT molecular complexity index is 308. The number of hydrogen-bond acceptors (Lipinski definition) is 4. The SMILES string of the molecule is CCC(C)(CN)C1(O)CCS(=O)(=O)C1. The molecule has 0 aromatic heterocycles. The summed E-state index contributed by atoms with van der Waals surface area (Å²) < 4.78 is 22.6. The molecule has 4 nitrogen and oxygen atoms in total. The van der Waals surface area contributed by atoms with E-state index in [0.29, 0.717) is 19.4 Å². The van der Waals surface area contributed by atoms with Gasteiger partial charge in [0, 0.05) is 12.0 Å². The highest BCUT2D eigenvalue weighted by Crippen LogP contribution is 2.41. The number of nitrogens with two attached hydrogens (primary N) is 1. The van der Waals surface area contributed by atoms with E-state index in [9.17, 15) is 13.5 Å². The van der Waals surface area contributed by atoms with Gasteiger partial charge in [-0.1, -0.05) is 13.8 Å². The van der Waals surface area contributed by atoms with Crippen LogP contribution >= 0.6 is 0 Å². The zero-order chi connectivity index (χ0) is 11.0. The zero-order valence-corrected chi connectivity index (χ0v) is 9.60. The topological polar surface area (TPSA) is 80.4 Å². The molecule has 5 heteroatoms. The monoisotopic (exact) mass is 221 g/mol. The van der Waals surface area contributed by atoms with Crippen molar-refractivity contribution in [3.63, 3.8) is 0 Å². The Hall–Kier alpha value is -0.130. The number of rotatable bonds is 3. The molecule has 2 atom stereocenters. The van der Waals surface area contributed by atoms with Crippen molar-refractivity contribution in [1.29, 1.82) is 0 Å². The summed E-state index contributed by atoms with van der Waals surface area (Å²) in [5.41, 5.74) is 4.00. The van der Waals surface area contributed by atoms with Crippen LogP contribution in [0, 0.1) is 5.41 Å².